The summed E-state index contributed by atoms with van der Waals surface area (Å²) in [5.41, 5.74) is 4.59. The molecule has 2 heterocycles. The highest BCUT2D eigenvalue weighted by atomic mass is 32.2. The fraction of sp³-hybridized carbons (Fsp3) is 0.211. The first-order valence-electron chi connectivity index (χ1n) is 8.33. The zero-order valence-corrected chi connectivity index (χ0v) is 16.9. The lowest BCUT2D eigenvalue weighted by molar-refractivity contribution is 0.0950. The quantitative estimate of drug-likeness (QED) is 0.685. The molecule has 3 aromatic rings. The Labute approximate surface area is 162 Å². The van der Waals surface area contributed by atoms with Crippen LogP contribution in [0.15, 0.2) is 46.7 Å². The predicted molar refractivity (Wildman–Crippen MR) is 107 cm³/mol. The van der Waals surface area contributed by atoms with Crippen molar-refractivity contribution in [2.45, 2.75) is 31.5 Å². The van der Waals surface area contributed by atoms with E-state index in [1.807, 2.05) is 51.1 Å². The number of carbonyl (C=O) groups excluding carboxylic acids is 1. The Hall–Kier alpha value is -2.42. The summed E-state index contributed by atoms with van der Waals surface area (Å²) in [6.45, 7) is 6.16. The van der Waals surface area contributed by atoms with E-state index in [1.165, 1.54) is 6.07 Å². The van der Waals surface area contributed by atoms with Crippen LogP contribution in [0.5, 0.6) is 0 Å². The SMILES string of the molecule is Cc1ccccc1-n1c(C)cc(C(=O)NCc2ccc(S(N)(=O)=O)s2)c1C. The summed E-state index contributed by atoms with van der Waals surface area (Å²) in [4.78, 5) is 13.4. The molecule has 0 unspecified atom stereocenters. The molecule has 0 aliphatic heterocycles. The Morgan fingerprint density at radius 2 is 1.85 bits per heavy atom. The summed E-state index contributed by atoms with van der Waals surface area (Å²) in [5.74, 6) is -0.200. The van der Waals surface area contributed by atoms with Crippen LogP contribution in [0.3, 0.4) is 0 Å². The number of amides is 1. The molecule has 1 aromatic carbocycles. The van der Waals surface area contributed by atoms with Crippen LogP contribution in [-0.4, -0.2) is 18.9 Å². The zero-order valence-electron chi connectivity index (χ0n) is 15.3. The Morgan fingerprint density at radius 3 is 2.48 bits per heavy atom. The van der Waals surface area contributed by atoms with Gasteiger partial charge >= 0.3 is 0 Å². The molecular weight excluding hydrogens is 382 g/mol. The molecule has 3 rings (SSSR count). The van der Waals surface area contributed by atoms with Crippen LogP contribution >= 0.6 is 11.3 Å². The van der Waals surface area contributed by atoms with E-state index >= 15 is 0 Å². The van der Waals surface area contributed by atoms with Crippen molar-refractivity contribution in [3.63, 3.8) is 0 Å². The Morgan fingerprint density at radius 1 is 1.15 bits per heavy atom. The van der Waals surface area contributed by atoms with Gasteiger partial charge in [0.25, 0.3) is 5.91 Å². The maximum atomic E-state index is 12.7. The Balaban J connectivity index is 1.81. The van der Waals surface area contributed by atoms with Crippen LogP contribution in [0.25, 0.3) is 5.69 Å². The fourth-order valence-electron chi connectivity index (χ4n) is 3.05. The number of aryl methyl sites for hydroxylation is 2. The fourth-order valence-corrected chi connectivity index (χ4v) is 4.76. The number of nitrogens with two attached hydrogens (primary N) is 1. The molecule has 6 nitrogen and oxygen atoms in total. The topological polar surface area (TPSA) is 94.2 Å². The number of thiophene rings is 1. The maximum Gasteiger partial charge on any atom is 0.253 e. The van der Waals surface area contributed by atoms with Gasteiger partial charge in [0.15, 0.2) is 0 Å². The van der Waals surface area contributed by atoms with Crippen LogP contribution in [0.1, 0.15) is 32.2 Å². The van der Waals surface area contributed by atoms with Crippen molar-refractivity contribution in [3.05, 3.63) is 69.9 Å². The van der Waals surface area contributed by atoms with E-state index in [2.05, 4.69) is 9.88 Å². The molecule has 142 valence electrons. The molecule has 0 saturated carbocycles. The zero-order chi connectivity index (χ0) is 19.8. The van der Waals surface area contributed by atoms with Crippen molar-refractivity contribution in [2.24, 2.45) is 5.14 Å². The van der Waals surface area contributed by atoms with E-state index in [0.29, 0.717) is 5.56 Å². The summed E-state index contributed by atoms with van der Waals surface area (Å²) in [6.07, 6.45) is 0. The normalized spacial score (nSPS) is 11.6. The maximum absolute atomic E-state index is 12.7. The largest absolute Gasteiger partial charge is 0.347 e. The van der Waals surface area contributed by atoms with E-state index in [1.54, 1.807) is 6.07 Å². The van der Waals surface area contributed by atoms with Gasteiger partial charge in [-0.05, 0) is 50.6 Å². The van der Waals surface area contributed by atoms with Crippen LogP contribution in [-0.2, 0) is 16.6 Å². The van der Waals surface area contributed by atoms with Gasteiger partial charge in [0.1, 0.15) is 4.21 Å². The van der Waals surface area contributed by atoms with Gasteiger partial charge in [-0.25, -0.2) is 13.6 Å². The molecule has 0 fully saturated rings. The number of nitrogens with one attached hydrogen (secondary N) is 1. The molecule has 0 spiro atoms. The van der Waals surface area contributed by atoms with E-state index in [4.69, 9.17) is 5.14 Å². The van der Waals surface area contributed by atoms with Gasteiger partial charge < -0.3 is 9.88 Å². The van der Waals surface area contributed by atoms with E-state index < -0.39 is 10.0 Å². The van der Waals surface area contributed by atoms with Gasteiger partial charge in [0.2, 0.25) is 10.0 Å². The molecule has 27 heavy (non-hydrogen) atoms. The number of primary sulfonamides is 1. The van der Waals surface area contributed by atoms with Crippen molar-refractivity contribution >= 4 is 27.3 Å². The lowest BCUT2D eigenvalue weighted by Gasteiger charge is -2.12. The van der Waals surface area contributed by atoms with Crippen molar-refractivity contribution < 1.29 is 13.2 Å². The Bertz CT molecular complexity index is 1110. The Kier molecular flexibility index (Phi) is 5.23. The molecule has 0 aliphatic rings. The lowest BCUT2D eigenvalue weighted by Crippen LogP contribution is -2.22. The van der Waals surface area contributed by atoms with Gasteiger partial charge in [0.05, 0.1) is 12.1 Å². The second-order valence-electron chi connectivity index (χ2n) is 6.36. The van der Waals surface area contributed by atoms with Crippen molar-refractivity contribution in [1.29, 1.82) is 0 Å². The lowest BCUT2D eigenvalue weighted by atomic mass is 10.2. The minimum atomic E-state index is -3.71. The number of carbonyl (C=O) groups is 1. The number of sulfonamides is 1. The summed E-state index contributed by atoms with van der Waals surface area (Å²) < 4.78 is 24.9. The van der Waals surface area contributed by atoms with Crippen LogP contribution in [0.4, 0.5) is 0 Å². The monoisotopic (exact) mass is 403 g/mol. The highest BCUT2D eigenvalue weighted by Gasteiger charge is 2.18. The van der Waals surface area contributed by atoms with Crippen LogP contribution < -0.4 is 10.5 Å². The van der Waals surface area contributed by atoms with Gasteiger partial charge in [-0.2, -0.15) is 0 Å². The highest BCUT2D eigenvalue weighted by Crippen LogP contribution is 2.24. The average molecular weight is 404 g/mol. The third-order valence-corrected chi connectivity index (χ3v) is 6.90. The van der Waals surface area contributed by atoms with E-state index in [0.717, 1.165) is 38.9 Å². The molecule has 0 aliphatic carbocycles. The van der Waals surface area contributed by atoms with Crippen molar-refractivity contribution in [1.82, 2.24) is 9.88 Å². The molecule has 0 saturated heterocycles. The summed E-state index contributed by atoms with van der Waals surface area (Å²) in [5, 5.41) is 7.97. The number of rotatable bonds is 5. The molecule has 3 N–H and O–H groups in total. The second-order valence-corrected chi connectivity index (χ2v) is 9.31. The number of para-hydroxylation sites is 1. The molecule has 0 radical (unpaired) electrons. The minimum Gasteiger partial charge on any atom is -0.347 e. The summed E-state index contributed by atoms with van der Waals surface area (Å²) in [6, 6.07) is 13.0. The average Bonchev–Trinajstić information content (AvgIpc) is 3.18. The number of nitrogens with zero attached hydrogens (tertiary/aromatic N) is 1. The first-order valence-corrected chi connectivity index (χ1v) is 10.7. The smallest absolute Gasteiger partial charge is 0.253 e. The molecule has 1 amide bonds. The van der Waals surface area contributed by atoms with Crippen LogP contribution in [0.2, 0.25) is 0 Å². The second kappa shape index (κ2) is 7.30. The molecule has 2 aromatic heterocycles. The van der Waals surface area contributed by atoms with Crippen molar-refractivity contribution in [3.8, 4) is 5.69 Å². The summed E-state index contributed by atoms with van der Waals surface area (Å²) >= 11 is 1.06. The van der Waals surface area contributed by atoms with E-state index in [9.17, 15) is 13.2 Å². The van der Waals surface area contributed by atoms with Gasteiger partial charge in [-0.3, -0.25) is 4.79 Å². The van der Waals surface area contributed by atoms with Gasteiger partial charge in [0, 0.05) is 22.0 Å². The summed E-state index contributed by atoms with van der Waals surface area (Å²) in [7, 11) is -3.71. The predicted octanol–water partition coefficient (Wildman–Crippen LogP) is 3.04. The molecular formula is C19H21N3O3S2. The number of hydrogen-bond acceptors (Lipinski definition) is 4. The standard InChI is InChI=1S/C19H21N3O3S2/c1-12-6-4-5-7-17(12)22-13(2)10-16(14(22)3)19(23)21-11-15-8-9-18(26-15)27(20,24)25/h4-10H,11H2,1-3H3,(H,21,23)(H2,20,24,25). The molecule has 0 atom stereocenters. The molecule has 8 heteroatoms. The molecule has 0 bridgehead atoms. The van der Waals surface area contributed by atoms with Gasteiger partial charge in [-0.1, -0.05) is 18.2 Å². The van der Waals surface area contributed by atoms with Gasteiger partial charge in [-0.15, -0.1) is 11.3 Å². The van der Waals surface area contributed by atoms with Crippen LogP contribution in [0, 0.1) is 20.8 Å². The highest BCUT2D eigenvalue weighted by molar-refractivity contribution is 7.91. The number of benzene rings is 1. The van der Waals surface area contributed by atoms with E-state index in [-0.39, 0.29) is 16.7 Å². The van der Waals surface area contributed by atoms with Crippen molar-refractivity contribution in [2.75, 3.05) is 0 Å². The first kappa shape index (κ1) is 19.3. The third kappa shape index (κ3) is 3.97. The number of aromatic nitrogens is 1. The minimum absolute atomic E-state index is 0.0875. The third-order valence-electron chi connectivity index (χ3n) is 4.37. The first-order chi connectivity index (χ1) is 12.7. The number of hydrogen-bond donors (Lipinski definition) is 2.